The third kappa shape index (κ3) is 6.23. The van der Waals surface area contributed by atoms with Crippen molar-refractivity contribution in [3.05, 3.63) is 61.0 Å². The molecule has 2 aromatic carbocycles. The van der Waals surface area contributed by atoms with Gasteiger partial charge in [0, 0.05) is 10.4 Å². The Balaban J connectivity index is 1.73. The number of benzene rings is 2. The third-order valence-corrected chi connectivity index (χ3v) is 7.37. The predicted molar refractivity (Wildman–Crippen MR) is 150 cm³/mol. The fourth-order valence-electron chi connectivity index (χ4n) is 4.44. The van der Waals surface area contributed by atoms with Gasteiger partial charge in [0.25, 0.3) is 5.56 Å². The summed E-state index contributed by atoms with van der Waals surface area (Å²) in [6, 6.07) is 9.05. The van der Waals surface area contributed by atoms with Crippen molar-refractivity contribution in [3.63, 3.8) is 0 Å². The van der Waals surface area contributed by atoms with E-state index in [1.165, 1.54) is 18.2 Å². The molecule has 0 spiro atoms. The monoisotopic (exact) mass is 633 g/mol. The second kappa shape index (κ2) is 12.2. The molecular formula is C27H29Br2N3O5. The van der Waals surface area contributed by atoms with Crippen molar-refractivity contribution in [1.29, 1.82) is 0 Å². The molecule has 0 amide bonds. The Labute approximate surface area is 232 Å². The van der Waals surface area contributed by atoms with E-state index < -0.39 is 12.1 Å². The molecule has 1 heterocycles. The molecule has 0 radical (unpaired) electrons. The lowest BCUT2D eigenvalue weighted by atomic mass is 9.88. The van der Waals surface area contributed by atoms with E-state index in [1.54, 1.807) is 38.3 Å². The molecule has 1 aliphatic rings. The molecule has 196 valence electrons. The Kier molecular flexibility index (Phi) is 9.02. The first kappa shape index (κ1) is 27.3. The highest BCUT2D eigenvalue weighted by Gasteiger charge is 2.23. The van der Waals surface area contributed by atoms with Crippen LogP contribution in [0.4, 0.5) is 0 Å². The quantitative estimate of drug-likeness (QED) is 0.217. The lowest BCUT2D eigenvalue weighted by molar-refractivity contribution is -0.150. The SMILES string of the molecule is CCOC(=O)[C@H](C)Oc1c(Br)cc(C=Nn2c(C3CCCCC3)nc3ccc(Br)cc3c2=O)cc1OC. The Morgan fingerprint density at radius 2 is 1.97 bits per heavy atom. The van der Waals surface area contributed by atoms with Crippen LogP contribution in [-0.4, -0.2) is 41.7 Å². The molecule has 1 saturated carbocycles. The first-order valence-electron chi connectivity index (χ1n) is 12.3. The summed E-state index contributed by atoms with van der Waals surface area (Å²) in [6.07, 6.45) is 6.16. The molecule has 8 nitrogen and oxygen atoms in total. The molecule has 0 unspecified atom stereocenters. The molecule has 10 heteroatoms. The van der Waals surface area contributed by atoms with E-state index >= 15 is 0 Å². The summed E-state index contributed by atoms with van der Waals surface area (Å²) in [6.45, 7) is 3.62. The first-order valence-corrected chi connectivity index (χ1v) is 13.9. The number of nitrogens with zero attached hydrogens (tertiary/aromatic N) is 3. The van der Waals surface area contributed by atoms with Crippen LogP contribution in [0.3, 0.4) is 0 Å². The van der Waals surface area contributed by atoms with Crippen LogP contribution in [-0.2, 0) is 9.53 Å². The van der Waals surface area contributed by atoms with Gasteiger partial charge in [-0.2, -0.15) is 9.78 Å². The highest BCUT2D eigenvalue weighted by Crippen LogP contribution is 2.37. The van der Waals surface area contributed by atoms with Gasteiger partial charge in [0.2, 0.25) is 0 Å². The number of hydrogen-bond acceptors (Lipinski definition) is 7. The molecule has 4 rings (SSSR count). The van der Waals surface area contributed by atoms with Gasteiger partial charge >= 0.3 is 5.97 Å². The van der Waals surface area contributed by atoms with Gasteiger partial charge in [-0.05, 0) is 78.5 Å². The van der Waals surface area contributed by atoms with Gasteiger partial charge in [-0.25, -0.2) is 9.78 Å². The Morgan fingerprint density at radius 3 is 2.68 bits per heavy atom. The largest absolute Gasteiger partial charge is 0.493 e. The van der Waals surface area contributed by atoms with Gasteiger partial charge in [-0.1, -0.05) is 35.2 Å². The van der Waals surface area contributed by atoms with Gasteiger partial charge < -0.3 is 14.2 Å². The average molecular weight is 635 g/mol. The molecule has 1 atom stereocenters. The van der Waals surface area contributed by atoms with Crippen molar-refractivity contribution in [1.82, 2.24) is 9.66 Å². The first-order chi connectivity index (χ1) is 17.8. The maximum atomic E-state index is 13.5. The van der Waals surface area contributed by atoms with Crippen molar-refractivity contribution >= 4 is 54.9 Å². The molecule has 0 bridgehead atoms. The highest BCUT2D eigenvalue weighted by atomic mass is 79.9. The van der Waals surface area contributed by atoms with Crippen LogP contribution in [0.1, 0.15) is 63.3 Å². The van der Waals surface area contributed by atoms with E-state index in [2.05, 4.69) is 37.0 Å². The maximum absolute atomic E-state index is 13.5. The number of fused-ring (bicyclic) bond motifs is 1. The summed E-state index contributed by atoms with van der Waals surface area (Å²) in [4.78, 5) is 30.4. The van der Waals surface area contributed by atoms with Crippen LogP contribution < -0.4 is 15.0 Å². The number of ether oxygens (including phenoxy) is 3. The van der Waals surface area contributed by atoms with Gasteiger partial charge in [0.05, 0.1) is 35.3 Å². The summed E-state index contributed by atoms with van der Waals surface area (Å²) in [5.41, 5.74) is 1.13. The minimum atomic E-state index is -0.815. The maximum Gasteiger partial charge on any atom is 0.347 e. The number of halogens is 2. The zero-order valence-electron chi connectivity index (χ0n) is 21.0. The van der Waals surface area contributed by atoms with E-state index in [4.69, 9.17) is 19.2 Å². The molecule has 0 aliphatic heterocycles. The topological polar surface area (TPSA) is 92.0 Å². The molecule has 1 aromatic heterocycles. The van der Waals surface area contributed by atoms with Gasteiger partial charge in [0.15, 0.2) is 17.6 Å². The van der Waals surface area contributed by atoms with Crippen LogP contribution in [0.15, 0.2) is 49.2 Å². The third-order valence-electron chi connectivity index (χ3n) is 6.29. The number of aromatic nitrogens is 2. The van der Waals surface area contributed by atoms with E-state index in [9.17, 15) is 9.59 Å². The van der Waals surface area contributed by atoms with Crippen LogP contribution >= 0.6 is 31.9 Å². The molecular weight excluding hydrogens is 606 g/mol. The second-order valence-corrected chi connectivity index (χ2v) is 10.6. The van der Waals surface area contributed by atoms with Crippen molar-refractivity contribution in [3.8, 4) is 11.5 Å². The highest BCUT2D eigenvalue weighted by molar-refractivity contribution is 9.10. The lowest BCUT2D eigenvalue weighted by Gasteiger charge is -2.22. The van der Waals surface area contributed by atoms with Crippen molar-refractivity contribution < 1.29 is 19.0 Å². The summed E-state index contributed by atoms with van der Waals surface area (Å²) in [5.74, 6) is 1.18. The van der Waals surface area contributed by atoms with Crippen molar-refractivity contribution in [2.24, 2.45) is 5.10 Å². The minimum Gasteiger partial charge on any atom is -0.493 e. The van der Waals surface area contributed by atoms with Crippen LogP contribution in [0.25, 0.3) is 10.9 Å². The zero-order valence-corrected chi connectivity index (χ0v) is 24.2. The standard InChI is InChI=1S/C27H29Br2N3O5/c1-4-36-27(34)16(2)37-24-21(29)12-17(13-23(24)35-3)15-30-32-25(18-8-6-5-7-9-18)31-22-11-10-19(28)14-20(22)26(32)33/h10-16,18H,4-9H2,1-3H3/t16-/m0/s1. The van der Waals surface area contributed by atoms with Gasteiger partial charge in [-0.3, -0.25) is 4.79 Å². The average Bonchev–Trinajstić information content (AvgIpc) is 2.90. The van der Waals surface area contributed by atoms with E-state index in [-0.39, 0.29) is 18.1 Å². The summed E-state index contributed by atoms with van der Waals surface area (Å²) >= 11 is 6.96. The van der Waals surface area contributed by atoms with Crippen LogP contribution in [0, 0.1) is 0 Å². The number of rotatable bonds is 8. The lowest BCUT2D eigenvalue weighted by Crippen LogP contribution is -2.26. The Morgan fingerprint density at radius 1 is 1.22 bits per heavy atom. The number of hydrogen-bond donors (Lipinski definition) is 0. The van der Waals surface area contributed by atoms with Gasteiger partial charge in [0.1, 0.15) is 5.82 Å². The van der Waals surface area contributed by atoms with E-state index in [1.807, 2.05) is 12.1 Å². The Bertz CT molecular complexity index is 1380. The fraction of sp³-hybridized carbons (Fsp3) is 0.407. The summed E-state index contributed by atoms with van der Waals surface area (Å²) < 4.78 is 19.2. The molecule has 0 saturated heterocycles. The molecule has 0 N–H and O–H groups in total. The van der Waals surface area contributed by atoms with Crippen molar-refractivity contribution in [2.45, 2.75) is 58.0 Å². The molecule has 1 aliphatic carbocycles. The number of esters is 1. The zero-order chi connectivity index (χ0) is 26.5. The summed E-state index contributed by atoms with van der Waals surface area (Å²) in [7, 11) is 1.52. The van der Waals surface area contributed by atoms with Crippen LogP contribution in [0.5, 0.6) is 11.5 Å². The van der Waals surface area contributed by atoms with E-state index in [0.717, 1.165) is 30.2 Å². The fourth-order valence-corrected chi connectivity index (χ4v) is 5.35. The number of carbonyl (C=O) groups excluding carboxylic acids is 1. The molecule has 37 heavy (non-hydrogen) atoms. The molecule has 3 aromatic rings. The molecule has 1 fully saturated rings. The smallest absolute Gasteiger partial charge is 0.347 e. The van der Waals surface area contributed by atoms with E-state index in [0.29, 0.717) is 38.3 Å². The number of methoxy groups -OCH3 is 1. The number of carbonyl (C=O) groups is 1. The van der Waals surface area contributed by atoms with Gasteiger partial charge in [-0.15, -0.1) is 0 Å². The minimum absolute atomic E-state index is 0.174. The Hall–Kier alpha value is -2.72. The normalized spacial score (nSPS) is 15.2. The summed E-state index contributed by atoms with van der Waals surface area (Å²) in [5, 5.41) is 5.10. The predicted octanol–water partition coefficient (Wildman–Crippen LogP) is 6.19. The second-order valence-electron chi connectivity index (χ2n) is 8.87. The van der Waals surface area contributed by atoms with Crippen molar-refractivity contribution in [2.75, 3.05) is 13.7 Å². The van der Waals surface area contributed by atoms with Crippen LogP contribution in [0.2, 0.25) is 0 Å².